The maximum absolute atomic E-state index is 12.3. The molecule has 104 valence electrons. The van der Waals surface area contributed by atoms with Crippen molar-refractivity contribution in [1.29, 1.82) is 0 Å². The molecule has 3 aromatic rings. The summed E-state index contributed by atoms with van der Waals surface area (Å²) in [4.78, 5) is 26.8. The van der Waals surface area contributed by atoms with Crippen molar-refractivity contribution in [3.8, 4) is 11.1 Å². The van der Waals surface area contributed by atoms with Gasteiger partial charge in [-0.3, -0.25) is 4.79 Å². The van der Waals surface area contributed by atoms with Crippen LogP contribution in [0.15, 0.2) is 59.5 Å². The monoisotopic (exact) mass is 279 g/mol. The van der Waals surface area contributed by atoms with Crippen LogP contribution in [0.25, 0.3) is 22.0 Å². The number of nitrogens with one attached hydrogen (secondary N) is 1. The molecule has 1 aromatic heterocycles. The van der Waals surface area contributed by atoms with E-state index in [2.05, 4.69) is 9.72 Å². The molecule has 21 heavy (non-hydrogen) atoms. The summed E-state index contributed by atoms with van der Waals surface area (Å²) < 4.78 is 4.60. The normalized spacial score (nSPS) is 10.5. The number of carbonyl (C=O) groups excluding carboxylic acids is 1. The van der Waals surface area contributed by atoms with Gasteiger partial charge in [-0.05, 0) is 23.3 Å². The number of carbonyl (C=O) groups is 1. The van der Waals surface area contributed by atoms with E-state index in [1.807, 2.05) is 42.5 Å². The van der Waals surface area contributed by atoms with Gasteiger partial charge in [-0.15, -0.1) is 0 Å². The molecule has 1 heterocycles. The van der Waals surface area contributed by atoms with Gasteiger partial charge in [-0.25, -0.2) is 4.79 Å². The molecule has 0 radical (unpaired) electrons. The van der Waals surface area contributed by atoms with Crippen LogP contribution < -0.4 is 5.43 Å². The number of aromatic nitrogens is 1. The second-order valence-corrected chi connectivity index (χ2v) is 4.65. The molecule has 0 atom stereocenters. The standard InChI is InChI=1S/C17H13NO3/c1-21-17(20)14-10-18-15-9-12(7-8-13(15)16(14)19)11-5-3-2-4-6-11/h2-10H,1H3,(H,18,19). The van der Waals surface area contributed by atoms with Crippen molar-refractivity contribution in [2.45, 2.75) is 0 Å². The molecule has 0 aliphatic heterocycles. The summed E-state index contributed by atoms with van der Waals surface area (Å²) in [6.45, 7) is 0. The van der Waals surface area contributed by atoms with E-state index in [9.17, 15) is 9.59 Å². The van der Waals surface area contributed by atoms with Gasteiger partial charge in [-0.1, -0.05) is 36.4 Å². The number of hydrogen-bond donors (Lipinski definition) is 1. The molecule has 0 unspecified atom stereocenters. The summed E-state index contributed by atoms with van der Waals surface area (Å²) in [5.74, 6) is -0.634. The first-order valence-electron chi connectivity index (χ1n) is 6.50. The number of aromatic amines is 1. The van der Waals surface area contributed by atoms with Gasteiger partial charge in [0.25, 0.3) is 0 Å². The molecule has 0 amide bonds. The van der Waals surface area contributed by atoms with Crippen LogP contribution in [0.2, 0.25) is 0 Å². The average Bonchev–Trinajstić information content (AvgIpc) is 2.55. The Balaban J connectivity index is 2.17. The summed E-state index contributed by atoms with van der Waals surface area (Å²) in [6, 6.07) is 15.4. The molecule has 0 bridgehead atoms. The summed E-state index contributed by atoms with van der Waals surface area (Å²) in [6.07, 6.45) is 1.39. The molecule has 0 spiro atoms. The fourth-order valence-corrected chi connectivity index (χ4v) is 2.29. The van der Waals surface area contributed by atoms with E-state index in [1.54, 1.807) is 6.07 Å². The molecule has 0 aliphatic rings. The molecule has 3 rings (SSSR count). The summed E-state index contributed by atoms with van der Waals surface area (Å²) in [5, 5.41) is 0.470. The van der Waals surface area contributed by atoms with E-state index < -0.39 is 5.97 Å². The van der Waals surface area contributed by atoms with Crippen LogP contribution in [-0.4, -0.2) is 18.1 Å². The lowest BCUT2D eigenvalue weighted by Crippen LogP contribution is -2.16. The fraction of sp³-hybridized carbons (Fsp3) is 0.0588. The lowest BCUT2D eigenvalue weighted by Gasteiger charge is -2.05. The third-order valence-electron chi connectivity index (χ3n) is 3.39. The number of ether oxygens (including phenoxy) is 1. The first-order valence-corrected chi connectivity index (χ1v) is 6.50. The van der Waals surface area contributed by atoms with Crippen LogP contribution in [-0.2, 0) is 4.74 Å². The predicted molar refractivity (Wildman–Crippen MR) is 81.3 cm³/mol. The van der Waals surface area contributed by atoms with E-state index >= 15 is 0 Å². The van der Waals surface area contributed by atoms with Crippen molar-refractivity contribution < 1.29 is 9.53 Å². The van der Waals surface area contributed by atoms with Gasteiger partial charge in [0.1, 0.15) is 5.56 Å². The number of methoxy groups -OCH3 is 1. The van der Waals surface area contributed by atoms with Crippen molar-refractivity contribution >= 4 is 16.9 Å². The molecule has 0 saturated carbocycles. The number of fused-ring (bicyclic) bond motifs is 1. The van der Waals surface area contributed by atoms with Gasteiger partial charge in [-0.2, -0.15) is 0 Å². The second-order valence-electron chi connectivity index (χ2n) is 4.65. The third-order valence-corrected chi connectivity index (χ3v) is 3.39. The number of pyridine rings is 1. The van der Waals surface area contributed by atoms with Gasteiger partial charge < -0.3 is 9.72 Å². The van der Waals surface area contributed by atoms with Crippen molar-refractivity contribution in [2.24, 2.45) is 0 Å². The van der Waals surface area contributed by atoms with Crippen LogP contribution in [0.1, 0.15) is 10.4 Å². The quantitative estimate of drug-likeness (QED) is 0.734. The lowest BCUT2D eigenvalue weighted by atomic mass is 10.0. The molecule has 0 saturated heterocycles. The Morgan fingerprint density at radius 1 is 1.05 bits per heavy atom. The van der Waals surface area contributed by atoms with E-state index in [4.69, 9.17) is 0 Å². The fourth-order valence-electron chi connectivity index (χ4n) is 2.29. The summed E-state index contributed by atoms with van der Waals surface area (Å²) in [5.41, 5.74) is 2.45. The van der Waals surface area contributed by atoms with E-state index in [0.29, 0.717) is 10.9 Å². The minimum atomic E-state index is -0.634. The zero-order valence-electron chi connectivity index (χ0n) is 11.4. The van der Waals surface area contributed by atoms with Gasteiger partial charge >= 0.3 is 5.97 Å². The Kier molecular flexibility index (Phi) is 3.28. The highest BCUT2D eigenvalue weighted by Gasteiger charge is 2.13. The SMILES string of the molecule is COC(=O)c1c[nH]c2cc(-c3ccccc3)ccc2c1=O. The molecule has 1 N–H and O–H groups in total. The first-order chi connectivity index (χ1) is 10.2. The van der Waals surface area contributed by atoms with Gasteiger partial charge in [0.2, 0.25) is 5.43 Å². The smallest absolute Gasteiger partial charge is 0.343 e. The van der Waals surface area contributed by atoms with Gasteiger partial charge in [0.15, 0.2) is 0 Å². The Bertz CT molecular complexity index is 866. The van der Waals surface area contributed by atoms with Gasteiger partial charge in [0.05, 0.1) is 7.11 Å². The third kappa shape index (κ3) is 2.31. The molecular formula is C17H13NO3. The Morgan fingerprint density at radius 3 is 2.52 bits per heavy atom. The zero-order chi connectivity index (χ0) is 14.8. The van der Waals surface area contributed by atoms with E-state index in [-0.39, 0.29) is 11.0 Å². The van der Waals surface area contributed by atoms with Crippen LogP contribution >= 0.6 is 0 Å². The second kappa shape index (κ2) is 5.25. The van der Waals surface area contributed by atoms with Gasteiger partial charge in [0, 0.05) is 17.1 Å². The Morgan fingerprint density at radius 2 is 1.81 bits per heavy atom. The zero-order valence-corrected chi connectivity index (χ0v) is 11.4. The topological polar surface area (TPSA) is 59.2 Å². The first kappa shape index (κ1) is 13.1. The van der Waals surface area contributed by atoms with E-state index in [1.165, 1.54) is 13.3 Å². The lowest BCUT2D eigenvalue weighted by molar-refractivity contribution is 0.0599. The van der Waals surface area contributed by atoms with Crippen molar-refractivity contribution in [2.75, 3.05) is 7.11 Å². The van der Waals surface area contributed by atoms with Crippen LogP contribution in [0.4, 0.5) is 0 Å². The number of benzene rings is 2. The highest BCUT2D eigenvalue weighted by molar-refractivity contribution is 5.94. The number of hydrogen-bond acceptors (Lipinski definition) is 3. The van der Waals surface area contributed by atoms with Crippen molar-refractivity contribution in [3.05, 3.63) is 70.5 Å². The molecule has 4 heteroatoms. The van der Waals surface area contributed by atoms with Crippen LogP contribution in [0.3, 0.4) is 0 Å². The molecule has 2 aromatic carbocycles. The summed E-state index contributed by atoms with van der Waals surface area (Å²) >= 11 is 0. The highest BCUT2D eigenvalue weighted by atomic mass is 16.5. The largest absolute Gasteiger partial charge is 0.465 e. The minimum absolute atomic E-state index is 0.0115. The van der Waals surface area contributed by atoms with Crippen molar-refractivity contribution in [3.63, 3.8) is 0 Å². The average molecular weight is 279 g/mol. The number of H-pyrrole nitrogens is 1. The Labute approximate surface area is 121 Å². The van der Waals surface area contributed by atoms with E-state index in [0.717, 1.165) is 11.1 Å². The maximum atomic E-state index is 12.3. The molecular weight excluding hydrogens is 266 g/mol. The van der Waals surface area contributed by atoms with Crippen LogP contribution in [0, 0.1) is 0 Å². The van der Waals surface area contributed by atoms with Crippen molar-refractivity contribution in [1.82, 2.24) is 4.98 Å². The molecule has 4 nitrogen and oxygen atoms in total. The maximum Gasteiger partial charge on any atom is 0.343 e. The predicted octanol–water partition coefficient (Wildman–Crippen LogP) is 2.98. The molecule has 0 fully saturated rings. The number of rotatable bonds is 2. The van der Waals surface area contributed by atoms with Crippen LogP contribution in [0.5, 0.6) is 0 Å². The molecule has 0 aliphatic carbocycles. The highest BCUT2D eigenvalue weighted by Crippen LogP contribution is 2.22. The number of esters is 1. The Hall–Kier alpha value is -2.88. The summed E-state index contributed by atoms with van der Waals surface area (Å²) in [7, 11) is 1.25. The minimum Gasteiger partial charge on any atom is -0.465 e.